The molecule has 0 saturated carbocycles. The lowest BCUT2D eigenvalue weighted by Crippen LogP contribution is -2.34. The molecule has 2 aromatic carbocycles. The molecule has 0 unspecified atom stereocenters. The highest BCUT2D eigenvalue weighted by Crippen LogP contribution is 2.11. The van der Waals surface area contributed by atoms with E-state index in [1.807, 2.05) is 36.4 Å². The summed E-state index contributed by atoms with van der Waals surface area (Å²) < 4.78 is 5.13. The highest BCUT2D eigenvalue weighted by molar-refractivity contribution is 5.92. The molecule has 2 amide bonds. The van der Waals surface area contributed by atoms with Crippen molar-refractivity contribution in [2.75, 3.05) is 25.0 Å². The topological polar surface area (TPSA) is 87.7 Å². The van der Waals surface area contributed by atoms with Crippen LogP contribution in [-0.2, 0) is 14.3 Å². The zero-order valence-electron chi connectivity index (χ0n) is 16.4. The van der Waals surface area contributed by atoms with Gasteiger partial charge in [0, 0.05) is 18.1 Å². The van der Waals surface area contributed by atoms with Crippen LogP contribution in [0.5, 0.6) is 0 Å². The summed E-state index contributed by atoms with van der Waals surface area (Å²) in [6.07, 6.45) is 6.82. The first-order valence-corrected chi connectivity index (χ1v) is 9.59. The van der Waals surface area contributed by atoms with E-state index in [0.717, 1.165) is 5.69 Å². The van der Waals surface area contributed by atoms with Gasteiger partial charge in [0.05, 0.1) is 18.0 Å². The number of amides is 2. The molecule has 154 valence electrons. The van der Waals surface area contributed by atoms with Crippen LogP contribution >= 0.6 is 0 Å². The lowest BCUT2D eigenvalue weighted by molar-refractivity contribution is -0.122. The summed E-state index contributed by atoms with van der Waals surface area (Å²) in [7, 11) is 0. The fourth-order valence-electron chi connectivity index (χ4n) is 2.78. The molecule has 0 spiro atoms. The van der Waals surface area contributed by atoms with Crippen LogP contribution in [0.2, 0.25) is 0 Å². The van der Waals surface area contributed by atoms with Crippen LogP contribution < -0.4 is 10.6 Å². The van der Waals surface area contributed by atoms with Crippen LogP contribution in [0, 0.1) is 5.92 Å². The normalized spacial score (nSPS) is 13.0. The fourth-order valence-corrected chi connectivity index (χ4v) is 2.78. The smallest absolute Gasteiger partial charge is 0.338 e. The number of hydrogen-bond donors (Lipinski definition) is 2. The molecule has 7 heteroatoms. The zero-order valence-corrected chi connectivity index (χ0v) is 16.4. The predicted octanol–water partition coefficient (Wildman–Crippen LogP) is 2.56. The molecule has 0 aliphatic carbocycles. The first-order valence-electron chi connectivity index (χ1n) is 9.59. The molecule has 2 aromatic rings. The first kappa shape index (κ1) is 20.9. The first-order chi connectivity index (χ1) is 14.6. The third-order valence-corrected chi connectivity index (χ3v) is 4.30. The third kappa shape index (κ3) is 6.34. The van der Waals surface area contributed by atoms with Gasteiger partial charge in [0.15, 0.2) is 0 Å². The molecule has 2 N–H and O–H groups in total. The Labute approximate surface area is 175 Å². The zero-order chi connectivity index (χ0) is 21.2. The SMILES string of the molecule is O=C(CN1C=CC(C(=O)NCCOC(=O)c2ccccc2)C=C1)Nc1ccccc1. The molecule has 0 radical (unpaired) electrons. The largest absolute Gasteiger partial charge is 0.460 e. The third-order valence-electron chi connectivity index (χ3n) is 4.30. The number of carbonyl (C=O) groups excluding carboxylic acids is 3. The van der Waals surface area contributed by atoms with Gasteiger partial charge in [-0.05, 0) is 24.3 Å². The van der Waals surface area contributed by atoms with Crippen molar-refractivity contribution in [1.29, 1.82) is 0 Å². The Morgan fingerprint density at radius 1 is 0.900 bits per heavy atom. The number of nitrogens with one attached hydrogen (secondary N) is 2. The number of ether oxygens (including phenoxy) is 1. The van der Waals surface area contributed by atoms with Gasteiger partial charge in [0.1, 0.15) is 13.2 Å². The van der Waals surface area contributed by atoms with Crippen molar-refractivity contribution >= 4 is 23.5 Å². The van der Waals surface area contributed by atoms with Gasteiger partial charge in [0.2, 0.25) is 11.8 Å². The van der Waals surface area contributed by atoms with E-state index in [9.17, 15) is 14.4 Å². The van der Waals surface area contributed by atoms with Gasteiger partial charge >= 0.3 is 5.97 Å². The van der Waals surface area contributed by atoms with Gasteiger partial charge in [-0.3, -0.25) is 9.59 Å². The van der Waals surface area contributed by atoms with Crippen molar-refractivity contribution in [2.24, 2.45) is 5.92 Å². The Kier molecular flexibility index (Phi) is 7.38. The van der Waals surface area contributed by atoms with E-state index in [2.05, 4.69) is 10.6 Å². The summed E-state index contributed by atoms with van der Waals surface area (Å²) >= 11 is 0. The molecule has 0 atom stereocenters. The summed E-state index contributed by atoms with van der Waals surface area (Å²) in [5.41, 5.74) is 1.20. The fraction of sp³-hybridized carbons (Fsp3) is 0.174. The van der Waals surface area contributed by atoms with Gasteiger partial charge in [-0.1, -0.05) is 48.6 Å². The van der Waals surface area contributed by atoms with Crippen molar-refractivity contribution < 1.29 is 19.1 Å². The number of carbonyl (C=O) groups is 3. The number of anilines is 1. The van der Waals surface area contributed by atoms with Crippen molar-refractivity contribution in [3.63, 3.8) is 0 Å². The van der Waals surface area contributed by atoms with Crippen LogP contribution in [0.1, 0.15) is 10.4 Å². The Bertz CT molecular complexity index is 912. The maximum absolute atomic E-state index is 12.2. The Morgan fingerprint density at radius 2 is 1.53 bits per heavy atom. The second-order valence-corrected chi connectivity index (χ2v) is 6.59. The van der Waals surface area contributed by atoms with E-state index in [1.54, 1.807) is 53.7 Å². The van der Waals surface area contributed by atoms with E-state index >= 15 is 0 Å². The summed E-state index contributed by atoms with van der Waals surface area (Å²) in [4.78, 5) is 37.9. The maximum atomic E-state index is 12.2. The second-order valence-electron chi connectivity index (χ2n) is 6.59. The van der Waals surface area contributed by atoms with Gasteiger partial charge in [0.25, 0.3) is 0 Å². The average molecular weight is 405 g/mol. The number of benzene rings is 2. The molecular weight excluding hydrogens is 382 g/mol. The molecule has 0 saturated heterocycles. The summed E-state index contributed by atoms with van der Waals surface area (Å²) in [5, 5.41) is 5.54. The molecule has 1 aliphatic rings. The van der Waals surface area contributed by atoms with Crippen molar-refractivity contribution in [3.05, 3.63) is 90.8 Å². The lowest BCUT2D eigenvalue weighted by atomic mass is 10.1. The van der Waals surface area contributed by atoms with Crippen LogP contribution in [0.3, 0.4) is 0 Å². The van der Waals surface area contributed by atoms with Crippen LogP contribution in [0.25, 0.3) is 0 Å². The van der Waals surface area contributed by atoms with Crippen molar-refractivity contribution in [1.82, 2.24) is 10.2 Å². The second kappa shape index (κ2) is 10.6. The number of rotatable bonds is 8. The molecule has 0 fully saturated rings. The minimum Gasteiger partial charge on any atom is -0.460 e. The molecule has 3 rings (SSSR count). The minimum absolute atomic E-state index is 0.0887. The summed E-state index contributed by atoms with van der Waals surface area (Å²) in [6.45, 7) is 0.454. The van der Waals surface area contributed by atoms with E-state index in [4.69, 9.17) is 4.74 Å². The minimum atomic E-state index is -0.441. The van der Waals surface area contributed by atoms with Crippen LogP contribution in [0.15, 0.2) is 85.2 Å². The highest BCUT2D eigenvalue weighted by atomic mass is 16.5. The standard InChI is InChI=1S/C23H23N3O4/c27-21(25-20-9-5-2-6-10-20)17-26-14-11-18(12-15-26)22(28)24-13-16-30-23(29)19-7-3-1-4-8-19/h1-12,14-15,18H,13,16-17H2,(H,24,28)(H,25,27). The number of esters is 1. The summed E-state index contributed by atoms with van der Waals surface area (Å²) in [5.74, 6) is -1.22. The van der Waals surface area contributed by atoms with Gasteiger partial charge < -0.3 is 20.3 Å². The number of nitrogens with zero attached hydrogens (tertiary/aromatic N) is 1. The van der Waals surface area contributed by atoms with E-state index in [1.165, 1.54) is 0 Å². The number of hydrogen-bond acceptors (Lipinski definition) is 5. The summed E-state index contributed by atoms with van der Waals surface area (Å²) in [6, 6.07) is 17.9. The Morgan fingerprint density at radius 3 is 2.20 bits per heavy atom. The van der Waals surface area contributed by atoms with E-state index < -0.39 is 11.9 Å². The number of para-hydroxylation sites is 1. The average Bonchev–Trinajstić information content (AvgIpc) is 2.78. The molecular formula is C23H23N3O4. The van der Waals surface area contributed by atoms with Crippen molar-refractivity contribution in [3.8, 4) is 0 Å². The molecule has 7 nitrogen and oxygen atoms in total. The molecule has 0 aromatic heterocycles. The molecule has 1 aliphatic heterocycles. The van der Waals surface area contributed by atoms with E-state index in [-0.39, 0.29) is 31.5 Å². The van der Waals surface area contributed by atoms with Crippen LogP contribution in [0.4, 0.5) is 5.69 Å². The van der Waals surface area contributed by atoms with E-state index in [0.29, 0.717) is 5.56 Å². The quantitative estimate of drug-likeness (QED) is 0.521. The predicted molar refractivity (Wildman–Crippen MR) is 113 cm³/mol. The monoisotopic (exact) mass is 405 g/mol. The molecule has 0 bridgehead atoms. The lowest BCUT2D eigenvalue weighted by Gasteiger charge is -2.21. The van der Waals surface area contributed by atoms with Crippen molar-refractivity contribution in [2.45, 2.75) is 0 Å². The Balaban J connectivity index is 1.35. The van der Waals surface area contributed by atoms with Gasteiger partial charge in [-0.15, -0.1) is 0 Å². The molecule has 30 heavy (non-hydrogen) atoms. The Hall–Kier alpha value is -3.87. The highest BCUT2D eigenvalue weighted by Gasteiger charge is 2.17. The van der Waals surface area contributed by atoms with Gasteiger partial charge in [-0.25, -0.2) is 4.79 Å². The molecule has 1 heterocycles. The maximum Gasteiger partial charge on any atom is 0.338 e. The van der Waals surface area contributed by atoms with Crippen LogP contribution in [-0.4, -0.2) is 42.4 Å². The van der Waals surface area contributed by atoms with Gasteiger partial charge in [-0.2, -0.15) is 0 Å².